The average Bonchev–Trinajstić information content (AvgIpc) is 2.85. The molecule has 2 unspecified atom stereocenters. The first-order valence-corrected chi connectivity index (χ1v) is 7.27. The molecule has 0 aromatic heterocycles. The van der Waals surface area contributed by atoms with E-state index < -0.39 is 5.97 Å². The number of rotatable bonds is 3. The molecule has 0 spiro atoms. The summed E-state index contributed by atoms with van der Waals surface area (Å²) < 4.78 is 0. The van der Waals surface area contributed by atoms with E-state index in [1.54, 1.807) is 18.2 Å². The summed E-state index contributed by atoms with van der Waals surface area (Å²) >= 11 is 0. The van der Waals surface area contributed by atoms with Gasteiger partial charge in [-0.05, 0) is 50.4 Å². The lowest BCUT2D eigenvalue weighted by atomic mass is 9.97. The van der Waals surface area contributed by atoms with Crippen molar-refractivity contribution in [2.24, 2.45) is 0 Å². The van der Waals surface area contributed by atoms with Gasteiger partial charge >= 0.3 is 5.97 Å². The Labute approximate surface area is 118 Å². The minimum atomic E-state index is -0.978. The van der Waals surface area contributed by atoms with Crippen molar-refractivity contribution >= 4 is 17.3 Å². The van der Waals surface area contributed by atoms with Crippen LogP contribution in [0, 0.1) is 0 Å². The number of nitrogen functional groups attached to an aromatic ring is 1. The highest BCUT2D eigenvalue weighted by Crippen LogP contribution is 2.29. The summed E-state index contributed by atoms with van der Waals surface area (Å²) in [5.74, 6) is -0.978. The smallest absolute Gasteiger partial charge is 0.337 e. The molecule has 2 heterocycles. The standard InChI is InChI=1S/C15H21N3O2/c16-14-9-10(3-4-13(14)15(19)20)17-11-5-7-18-6-1-2-12(18)8-11/h3-4,9,11-12,17H,1-2,5-8,16H2,(H,19,20). The summed E-state index contributed by atoms with van der Waals surface area (Å²) in [6, 6.07) is 6.29. The molecule has 5 heteroatoms. The Balaban J connectivity index is 1.66. The van der Waals surface area contributed by atoms with Crippen molar-refractivity contribution in [2.45, 2.75) is 37.8 Å². The number of fused-ring (bicyclic) bond motifs is 1. The lowest BCUT2D eigenvalue weighted by Gasteiger charge is -2.35. The average molecular weight is 275 g/mol. The molecular weight excluding hydrogens is 254 g/mol. The van der Waals surface area contributed by atoms with Gasteiger partial charge in [0.15, 0.2) is 0 Å². The Morgan fingerprint density at radius 2 is 2.20 bits per heavy atom. The van der Waals surface area contributed by atoms with Gasteiger partial charge in [0.2, 0.25) is 0 Å². The molecule has 0 saturated carbocycles. The van der Waals surface area contributed by atoms with Crippen LogP contribution in [0.1, 0.15) is 36.0 Å². The topological polar surface area (TPSA) is 78.6 Å². The van der Waals surface area contributed by atoms with E-state index in [4.69, 9.17) is 10.8 Å². The van der Waals surface area contributed by atoms with Crippen molar-refractivity contribution in [3.63, 3.8) is 0 Å². The highest BCUT2D eigenvalue weighted by atomic mass is 16.4. The molecular formula is C15H21N3O2. The van der Waals surface area contributed by atoms with Crippen molar-refractivity contribution in [1.29, 1.82) is 0 Å². The van der Waals surface area contributed by atoms with Crippen LogP contribution in [-0.2, 0) is 0 Å². The number of carboxylic acid groups (broad SMARTS) is 1. The molecule has 2 atom stereocenters. The lowest BCUT2D eigenvalue weighted by Crippen LogP contribution is -2.42. The second kappa shape index (κ2) is 5.32. The van der Waals surface area contributed by atoms with Crippen molar-refractivity contribution in [1.82, 2.24) is 4.90 Å². The molecule has 3 rings (SSSR count). The Kier molecular flexibility index (Phi) is 3.53. The van der Waals surface area contributed by atoms with E-state index in [9.17, 15) is 4.79 Å². The van der Waals surface area contributed by atoms with Crippen molar-refractivity contribution in [3.05, 3.63) is 23.8 Å². The second-order valence-electron chi connectivity index (χ2n) is 5.80. The van der Waals surface area contributed by atoms with Gasteiger partial charge in [0.1, 0.15) is 0 Å². The predicted molar refractivity (Wildman–Crippen MR) is 79.1 cm³/mol. The number of nitrogens with one attached hydrogen (secondary N) is 1. The number of anilines is 2. The van der Waals surface area contributed by atoms with E-state index in [1.165, 1.54) is 25.8 Å². The molecule has 2 saturated heterocycles. The Morgan fingerprint density at radius 3 is 2.95 bits per heavy atom. The summed E-state index contributed by atoms with van der Waals surface area (Å²) in [4.78, 5) is 13.5. The van der Waals surface area contributed by atoms with E-state index in [0.717, 1.165) is 24.7 Å². The third kappa shape index (κ3) is 2.58. The number of aromatic carboxylic acids is 1. The quantitative estimate of drug-likeness (QED) is 0.735. The molecule has 108 valence electrons. The van der Waals surface area contributed by atoms with Crippen LogP contribution in [0.3, 0.4) is 0 Å². The Hall–Kier alpha value is -1.75. The second-order valence-corrected chi connectivity index (χ2v) is 5.80. The van der Waals surface area contributed by atoms with Crippen molar-refractivity contribution in [3.8, 4) is 0 Å². The third-order valence-electron chi connectivity index (χ3n) is 4.47. The van der Waals surface area contributed by atoms with E-state index in [2.05, 4.69) is 10.2 Å². The van der Waals surface area contributed by atoms with Crippen LogP contribution in [0.4, 0.5) is 11.4 Å². The van der Waals surface area contributed by atoms with Gasteiger partial charge in [-0.15, -0.1) is 0 Å². The van der Waals surface area contributed by atoms with E-state index in [-0.39, 0.29) is 5.56 Å². The fraction of sp³-hybridized carbons (Fsp3) is 0.533. The number of carboxylic acids is 1. The maximum atomic E-state index is 10.9. The molecule has 1 aromatic rings. The number of hydrogen-bond donors (Lipinski definition) is 3. The van der Waals surface area contributed by atoms with Crippen LogP contribution in [0.5, 0.6) is 0 Å². The molecule has 0 aliphatic carbocycles. The first-order chi connectivity index (χ1) is 9.63. The number of carbonyl (C=O) groups is 1. The van der Waals surface area contributed by atoms with Crippen LogP contribution in [0.15, 0.2) is 18.2 Å². The number of nitrogens with two attached hydrogens (primary N) is 1. The highest BCUT2D eigenvalue weighted by molar-refractivity contribution is 5.94. The van der Waals surface area contributed by atoms with Gasteiger partial charge in [-0.1, -0.05) is 0 Å². The summed E-state index contributed by atoms with van der Waals surface area (Å²) in [7, 11) is 0. The molecule has 0 radical (unpaired) electrons. The van der Waals surface area contributed by atoms with Gasteiger partial charge in [0, 0.05) is 30.0 Å². The SMILES string of the molecule is Nc1cc(NC2CCN3CCCC3C2)ccc1C(=O)O. The number of piperidine rings is 1. The maximum absolute atomic E-state index is 10.9. The summed E-state index contributed by atoms with van der Waals surface area (Å²) in [5.41, 5.74) is 7.19. The summed E-state index contributed by atoms with van der Waals surface area (Å²) in [6.45, 7) is 2.41. The zero-order valence-electron chi connectivity index (χ0n) is 11.5. The molecule has 0 amide bonds. The largest absolute Gasteiger partial charge is 0.478 e. The van der Waals surface area contributed by atoms with Gasteiger partial charge in [0.25, 0.3) is 0 Å². The zero-order chi connectivity index (χ0) is 14.1. The van der Waals surface area contributed by atoms with Gasteiger partial charge in [-0.25, -0.2) is 4.79 Å². The van der Waals surface area contributed by atoms with Crippen molar-refractivity contribution in [2.75, 3.05) is 24.1 Å². The van der Waals surface area contributed by atoms with Crippen LogP contribution in [0.25, 0.3) is 0 Å². The lowest BCUT2D eigenvalue weighted by molar-refractivity contribution is 0.0698. The summed E-state index contributed by atoms with van der Waals surface area (Å²) in [6.07, 6.45) is 4.92. The maximum Gasteiger partial charge on any atom is 0.337 e. The van der Waals surface area contributed by atoms with Gasteiger partial charge in [-0.2, -0.15) is 0 Å². The van der Waals surface area contributed by atoms with E-state index in [0.29, 0.717) is 11.7 Å². The number of nitrogens with zero attached hydrogens (tertiary/aromatic N) is 1. The van der Waals surface area contributed by atoms with Gasteiger partial charge in [-0.3, -0.25) is 0 Å². The van der Waals surface area contributed by atoms with E-state index in [1.807, 2.05) is 0 Å². The highest BCUT2D eigenvalue weighted by Gasteiger charge is 2.31. The molecule has 4 N–H and O–H groups in total. The zero-order valence-corrected chi connectivity index (χ0v) is 11.5. The first kappa shape index (κ1) is 13.2. The Morgan fingerprint density at radius 1 is 1.35 bits per heavy atom. The fourth-order valence-electron chi connectivity index (χ4n) is 3.44. The van der Waals surface area contributed by atoms with Crippen LogP contribution in [0.2, 0.25) is 0 Å². The molecule has 5 nitrogen and oxygen atoms in total. The van der Waals surface area contributed by atoms with Crippen LogP contribution >= 0.6 is 0 Å². The van der Waals surface area contributed by atoms with Gasteiger partial charge < -0.3 is 21.1 Å². The molecule has 20 heavy (non-hydrogen) atoms. The van der Waals surface area contributed by atoms with Crippen LogP contribution in [-0.4, -0.2) is 41.1 Å². The monoisotopic (exact) mass is 275 g/mol. The normalized spacial score (nSPS) is 26.2. The van der Waals surface area contributed by atoms with Crippen molar-refractivity contribution < 1.29 is 9.90 Å². The molecule has 1 aromatic carbocycles. The number of hydrogen-bond acceptors (Lipinski definition) is 4. The number of benzene rings is 1. The van der Waals surface area contributed by atoms with Crippen LogP contribution < -0.4 is 11.1 Å². The van der Waals surface area contributed by atoms with E-state index >= 15 is 0 Å². The third-order valence-corrected chi connectivity index (χ3v) is 4.47. The Bertz CT molecular complexity index is 518. The predicted octanol–water partition coefficient (Wildman–Crippen LogP) is 2.01. The fourth-order valence-corrected chi connectivity index (χ4v) is 3.44. The molecule has 2 aliphatic rings. The summed E-state index contributed by atoms with van der Waals surface area (Å²) in [5, 5.41) is 12.5. The molecule has 2 fully saturated rings. The minimum absolute atomic E-state index is 0.168. The first-order valence-electron chi connectivity index (χ1n) is 7.27. The van der Waals surface area contributed by atoms with Gasteiger partial charge in [0.05, 0.1) is 5.56 Å². The molecule has 2 aliphatic heterocycles. The molecule has 0 bridgehead atoms. The minimum Gasteiger partial charge on any atom is -0.478 e.